The third-order valence-electron chi connectivity index (χ3n) is 7.79. The van der Waals surface area contributed by atoms with Crippen LogP contribution in [0.25, 0.3) is 16.8 Å². The first-order valence-corrected chi connectivity index (χ1v) is 13.9. The van der Waals surface area contributed by atoms with Gasteiger partial charge in [-0.05, 0) is 67.7 Å². The maximum atomic E-state index is 15.0. The molecule has 2 fully saturated rings. The molecular weight excluding hydrogens is 491 g/mol. The van der Waals surface area contributed by atoms with E-state index in [1.807, 2.05) is 33.2 Å². The highest BCUT2D eigenvalue weighted by molar-refractivity contribution is 5.87. The molecule has 0 radical (unpaired) electrons. The van der Waals surface area contributed by atoms with Crippen LogP contribution in [0, 0.1) is 18.2 Å². The molecule has 0 bridgehead atoms. The van der Waals surface area contributed by atoms with Gasteiger partial charge in [0.05, 0.1) is 23.4 Å². The van der Waals surface area contributed by atoms with E-state index >= 15 is 0 Å². The Morgan fingerprint density at radius 3 is 2.54 bits per heavy atom. The Morgan fingerprint density at radius 2 is 1.92 bits per heavy atom. The number of hydrogen-bond acceptors (Lipinski definition) is 6. The number of pyridine rings is 2. The third-order valence-corrected chi connectivity index (χ3v) is 7.79. The lowest BCUT2D eigenvalue weighted by molar-refractivity contribution is -0.125. The van der Waals surface area contributed by atoms with Gasteiger partial charge in [-0.25, -0.2) is 9.37 Å². The van der Waals surface area contributed by atoms with Crippen LogP contribution in [0.3, 0.4) is 0 Å². The molecule has 2 heterocycles. The van der Waals surface area contributed by atoms with Crippen LogP contribution in [-0.4, -0.2) is 29.4 Å². The molecule has 6 nitrogen and oxygen atoms in total. The van der Waals surface area contributed by atoms with Crippen molar-refractivity contribution in [3.05, 3.63) is 83.2 Å². The van der Waals surface area contributed by atoms with Crippen molar-refractivity contribution in [3.63, 3.8) is 0 Å². The van der Waals surface area contributed by atoms with Crippen LogP contribution in [0.4, 0.5) is 4.39 Å². The summed E-state index contributed by atoms with van der Waals surface area (Å²) in [4.78, 5) is 21.2. The molecule has 2 aliphatic carbocycles. The number of Topliss-reactive ketones (excluding diaryl/α,β-unsaturated/α-hetero) is 1. The molecule has 0 unspecified atom stereocenters. The molecular formula is C32H37FN4O2. The smallest absolute Gasteiger partial charge is 0.213 e. The highest BCUT2D eigenvalue weighted by Crippen LogP contribution is 2.47. The van der Waals surface area contributed by atoms with E-state index in [-0.39, 0.29) is 23.6 Å². The summed E-state index contributed by atoms with van der Waals surface area (Å²) in [5.41, 5.74) is 5.78. The average molecular weight is 529 g/mol. The number of benzene rings is 1. The molecule has 2 aliphatic rings. The molecule has 0 saturated heterocycles. The van der Waals surface area contributed by atoms with E-state index in [0.717, 1.165) is 47.6 Å². The molecule has 0 aliphatic heterocycles. The van der Waals surface area contributed by atoms with Crippen LogP contribution < -0.4 is 15.4 Å². The quantitative estimate of drug-likeness (QED) is 0.271. The zero-order valence-electron chi connectivity index (χ0n) is 23.0. The number of aryl methyl sites for hydroxylation is 1. The number of nitrogens with zero attached hydrogens (tertiary/aromatic N) is 2. The normalized spacial score (nSPS) is 16.1. The Balaban J connectivity index is 1.20. The average Bonchev–Trinajstić information content (AvgIpc) is 3.86. The molecule has 0 amide bonds. The van der Waals surface area contributed by atoms with Crippen molar-refractivity contribution in [1.29, 1.82) is 0 Å². The van der Waals surface area contributed by atoms with Crippen molar-refractivity contribution in [2.45, 2.75) is 64.8 Å². The second-order valence-corrected chi connectivity index (χ2v) is 10.8. The Hall–Kier alpha value is -3.74. The Bertz CT molecular complexity index is 1360. The molecule has 0 atom stereocenters. The van der Waals surface area contributed by atoms with E-state index in [1.165, 1.54) is 24.5 Å². The van der Waals surface area contributed by atoms with Gasteiger partial charge in [-0.1, -0.05) is 31.2 Å². The molecule has 2 saturated carbocycles. The number of ketones is 1. The Kier molecular flexibility index (Phi) is 7.96. The van der Waals surface area contributed by atoms with Gasteiger partial charge in [0.15, 0.2) is 0 Å². The molecule has 2 aromatic heterocycles. The van der Waals surface area contributed by atoms with Gasteiger partial charge in [0, 0.05) is 49.3 Å². The number of halogens is 1. The third kappa shape index (κ3) is 6.29. The van der Waals surface area contributed by atoms with E-state index < -0.39 is 0 Å². The lowest BCUT2D eigenvalue weighted by Gasteiger charge is -2.15. The molecule has 7 heteroatoms. The summed E-state index contributed by atoms with van der Waals surface area (Å²) in [5.74, 6) is 1.12. The topological polar surface area (TPSA) is 76.1 Å². The van der Waals surface area contributed by atoms with Crippen LogP contribution in [-0.2, 0) is 11.3 Å². The van der Waals surface area contributed by atoms with E-state index in [0.29, 0.717) is 30.2 Å². The monoisotopic (exact) mass is 528 g/mol. The standard InChI is InChI=1S/C32H37FN4O2/c1-4-5-30(38)32(12-13-32)20-39-31-14-21(2)26(17-37-31)25-15-27(33)29(36-16-25)19-35-18-28(34-3)24-10-8-23(9-11-24)22-6-7-22/h8-11,14-18,22,34-35H,4-7,12-13,19-20H2,1-3H3/b28-18-. The molecule has 2 N–H and O–H groups in total. The number of carbonyl (C=O) groups excluding carboxylic acids is 1. The predicted octanol–water partition coefficient (Wildman–Crippen LogP) is 6.30. The zero-order chi connectivity index (χ0) is 27.4. The first kappa shape index (κ1) is 26.9. The SMILES string of the molecule is CCCC(=O)C1(COc2cc(C)c(-c3cnc(CN/C=C(\NC)c4ccc(C5CC5)cc4)c(F)c3)cn2)CC1. The summed E-state index contributed by atoms with van der Waals surface area (Å²) in [5, 5.41) is 6.39. The maximum absolute atomic E-state index is 15.0. The van der Waals surface area contributed by atoms with Crippen LogP contribution >= 0.6 is 0 Å². The summed E-state index contributed by atoms with van der Waals surface area (Å²) < 4.78 is 20.9. The van der Waals surface area contributed by atoms with Crippen molar-refractivity contribution in [3.8, 4) is 17.0 Å². The highest BCUT2D eigenvalue weighted by Gasteiger charge is 2.49. The molecule has 0 spiro atoms. The summed E-state index contributed by atoms with van der Waals surface area (Å²) >= 11 is 0. The first-order chi connectivity index (χ1) is 18.9. The molecule has 39 heavy (non-hydrogen) atoms. The van der Waals surface area contributed by atoms with E-state index in [4.69, 9.17) is 4.74 Å². The predicted molar refractivity (Wildman–Crippen MR) is 152 cm³/mol. The van der Waals surface area contributed by atoms with Crippen LogP contribution in [0.5, 0.6) is 5.88 Å². The van der Waals surface area contributed by atoms with E-state index in [9.17, 15) is 9.18 Å². The number of nitrogens with one attached hydrogen (secondary N) is 2. The number of hydrogen-bond donors (Lipinski definition) is 2. The number of aromatic nitrogens is 2. The van der Waals surface area contributed by atoms with Gasteiger partial charge >= 0.3 is 0 Å². The van der Waals surface area contributed by atoms with Crippen LogP contribution in [0.15, 0.2) is 55.0 Å². The van der Waals surface area contributed by atoms with Crippen molar-refractivity contribution in [2.75, 3.05) is 13.7 Å². The number of ether oxygens (including phenoxy) is 1. The van der Waals surface area contributed by atoms with Gasteiger partial charge in [0.25, 0.3) is 0 Å². The molecule has 3 aromatic rings. The summed E-state index contributed by atoms with van der Waals surface area (Å²) in [7, 11) is 1.87. The van der Waals surface area contributed by atoms with Crippen molar-refractivity contribution >= 4 is 11.5 Å². The first-order valence-electron chi connectivity index (χ1n) is 13.9. The maximum Gasteiger partial charge on any atom is 0.213 e. The molecule has 5 rings (SSSR count). The fraction of sp³-hybridized carbons (Fsp3) is 0.406. The fourth-order valence-corrected chi connectivity index (χ4v) is 4.91. The van der Waals surface area contributed by atoms with Gasteiger partial charge in [-0.2, -0.15) is 0 Å². The molecule has 1 aromatic carbocycles. The minimum Gasteiger partial charge on any atom is -0.477 e. The lowest BCUT2D eigenvalue weighted by atomic mass is 9.98. The second-order valence-electron chi connectivity index (χ2n) is 10.8. The van der Waals surface area contributed by atoms with Gasteiger partial charge in [-0.3, -0.25) is 9.78 Å². The zero-order valence-corrected chi connectivity index (χ0v) is 23.0. The number of rotatable bonds is 13. The minimum absolute atomic E-state index is 0.264. The minimum atomic E-state index is -0.377. The largest absolute Gasteiger partial charge is 0.477 e. The molecule has 204 valence electrons. The second kappa shape index (κ2) is 11.6. The summed E-state index contributed by atoms with van der Waals surface area (Å²) in [6.07, 6.45) is 11.0. The van der Waals surface area contributed by atoms with Crippen molar-refractivity contribution < 1.29 is 13.9 Å². The Labute approximate surface area is 230 Å². The van der Waals surface area contributed by atoms with Crippen molar-refractivity contribution in [2.24, 2.45) is 5.41 Å². The van der Waals surface area contributed by atoms with Gasteiger partial charge in [-0.15, -0.1) is 0 Å². The highest BCUT2D eigenvalue weighted by atomic mass is 19.1. The summed E-state index contributed by atoms with van der Waals surface area (Å²) in [6.45, 7) is 4.59. The van der Waals surface area contributed by atoms with Crippen molar-refractivity contribution in [1.82, 2.24) is 20.6 Å². The lowest BCUT2D eigenvalue weighted by Crippen LogP contribution is -2.23. The van der Waals surface area contributed by atoms with Gasteiger partial charge in [0.1, 0.15) is 18.2 Å². The van der Waals surface area contributed by atoms with Gasteiger partial charge < -0.3 is 15.4 Å². The van der Waals surface area contributed by atoms with E-state index in [2.05, 4.69) is 44.9 Å². The Morgan fingerprint density at radius 1 is 1.15 bits per heavy atom. The van der Waals surface area contributed by atoms with Crippen LogP contribution in [0.2, 0.25) is 0 Å². The van der Waals surface area contributed by atoms with Gasteiger partial charge in [0.2, 0.25) is 5.88 Å². The number of carbonyl (C=O) groups is 1. The summed E-state index contributed by atoms with van der Waals surface area (Å²) in [6, 6.07) is 11.9. The van der Waals surface area contributed by atoms with E-state index in [1.54, 1.807) is 12.4 Å². The van der Waals surface area contributed by atoms with Crippen LogP contribution in [0.1, 0.15) is 73.8 Å². The fourth-order valence-electron chi connectivity index (χ4n) is 4.91.